The molecule has 1 heterocycles. The maximum Gasteiger partial charge on any atom is 0.124 e. The summed E-state index contributed by atoms with van der Waals surface area (Å²) in [5.74, 6) is 3.37. The van der Waals surface area contributed by atoms with Crippen molar-refractivity contribution in [1.82, 2.24) is 0 Å². The molecule has 2 heteroatoms. The largest absolute Gasteiger partial charge is 0.303 e. The van der Waals surface area contributed by atoms with Crippen molar-refractivity contribution in [2.24, 2.45) is 5.92 Å². The molecule has 0 aromatic rings. The van der Waals surface area contributed by atoms with Gasteiger partial charge < -0.3 is 4.79 Å². The Morgan fingerprint density at radius 1 is 1.67 bits per heavy atom. The van der Waals surface area contributed by atoms with Crippen molar-refractivity contribution >= 4 is 18.0 Å². The van der Waals surface area contributed by atoms with Crippen LogP contribution in [0, 0.1) is 5.92 Å². The van der Waals surface area contributed by atoms with Crippen molar-refractivity contribution in [3.05, 3.63) is 12.2 Å². The van der Waals surface area contributed by atoms with Gasteiger partial charge in [0.05, 0.1) is 0 Å². The normalized spacial score (nSPS) is 23.5. The van der Waals surface area contributed by atoms with Gasteiger partial charge in [-0.25, -0.2) is 0 Å². The van der Waals surface area contributed by atoms with E-state index in [1.54, 1.807) is 0 Å². The Morgan fingerprint density at radius 3 is 3.08 bits per heavy atom. The predicted octanol–water partition coefficient (Wildman–Crippen LogP) is 2.66. The molecule has 1 rings (SSSR count). The molecule has 0 N–H and O–H groups in total. The summed E-state index contributed by atoms with van der Waals surface area (Å²) in [5.41, 5.74) is 1.11. The van der Waals surface area contributed by atoms with Crippen molar-refractivity contribution in [3.63, 3.8) is 0 Å². The number of carbonyl (C=O) groups excluding carboxylic acids is 1. The molecule has 1 atom stereocenters. The molecule has 1 aliphatic rings. The summed E-state index contributed by atoms with van der Waals surface area (Å²) in [4.78, 5) is 10.2. The first-order valence-corrected chi connectivity index (χ1v) is 5.66. The lowest BCUT2D eigenvalue weighted by molar-refractivity contribution is -0.107. The minimum Gasteiger partial charge on any atom is -0.303 e. The van der Waals surface area contributed by atoms with E-state index in [1.165, 1.54) is 24.3 Å². The van der Waals surface area contributed by atoms with E-state index in [2.05, 4.69) is 6.58 Å². The molecule has 68 valence electrons. The second-order valence-electron chi connectivity index (χ2n) is 3.41. The van der Waals surface area contributed by atoms with E-state index in [4.69, 9.17) is 0 Å². The first kappa shape index (κ1) is 9.85. The van der Waals surface area contributed by atoms with Crippen LogP contribution in [0.15, 0.2) is 12.2 Å². The number of rotatable bonds is 4. The minimum absolute atomic E-state index is 0.557. The van der Waals surface area contributed by atoms with Gasteiger partial charge in [-0.05, 0) is 36.7 Å². The number of thioether (sulfide) groups is 1. The van der Waals surface area contributed by atoms with Crippen molar-refractivity contribution < 1.29 is 4.79 Å². The van der Waals surface area contributed by atoms with Crippen LogP contribution >= 0.6 is 11.8 Å². The first-order chi connectivity index (χ1) is 5.83. The Hall–Kier alpha value is -0.240. The number of aldehydes is 1. The second kappa shape index (κ2) is 5.41. The fraction of sp³-hybridized carbons (Fsp3) is 0.700. The molecule has 0 aromatic carbocycles. The lowest BCUT2D eigenvalue weighted by Gasteiger charge is -2.21. The van der Waals surface area contributed by atoms with E-state index < -0.39 is 0 Å². The number of hydrogen-bond donors (Lipinski definition) is 0. The summed E-state index contributed by atoms with van der Waals surface area (Å²) in [7, 11) is 0. The standard InChI is InChI=1S/C10H16OS/c1-9(4-5-11)7-10-3-2-6-12-8-10/h5,10H,1-4,6-8H2. The molecule has 0 aliphatic carbocycles. The van der Waals surface area contributed by atoms with Crippen LogP contribution in [-0.2, 0) is 4.79 Å². The second-order valence-corrected chi connectivity index (χ2v) is 4.56. The van der Waals surface area contributed by atoms with Gasteiger partial charge in [-0.3, -0.25) is 0 Å². The van der Waals surface area contributed by atoms with Gasteiger partial charge in [0.15, 0.2) is 0 Å². The smallest absolute Gasteiger partial charge is 0.124 e. The maximum atomic E-state index is 10.2. The maximum absolute atomic E-state index is 10.2. The van der Waals surface area contributed by atoms with Gasteiger partial charge in [0.2, 0.25) is 0 Å². The van der Waals surface area contributed by atoms with Crippen molar-refractivity contribution in [1.29, 1.82) is 0 Å². The molecule has 0 spiro atoms. The highest BCUT2D eigenvalue weighted by atomic mass is 32.2. The predicted molar refractivity (Wildman–Crippen MR) is 54.5 cm³/mol. The minimum atomic E-state index is 0.557. The summed E-state index contributed by atoms with van der Waals surface area (Å²) in [6.07, 6.45) is 5.24. The molecule has 1 unspecified atom stereocenters. The Labute approximate surface area is 78.6 Å². The molecule has 1 saturated heterocycles. The molecule has 0 amide bonds. The van der Waals surface area contributed by atoms with Crippen molar-refractivity contribution in [2.45, 2.75) is 25.7 Å². The van der Waals surface area contributed by atoms with Crippen molar-refractivity contribution in [3.8, 4) is 0 Å². The SMILES string of the molecule is C=C(CC=O)CC1CCCSC1. The highest BCUT2D eigenvalue weighted by Gasteiger charge is 2.14. The summed E-state index contributed by atoms with van der Waals surface area (Å²) in [6, 6.07) is 0. The van der Waals surface area contributed by atoms with E-state index >= 15 is 0 Å². The van der Waals surface area contributed by atoms with Gasteiger partial charge >= 0.3 is 0 Å². The third-order valence-electron chi connectivity index (χ3n) is 2.20. The highest BCUT2D eigenvalue weighted by Crippen LogP contribution is 2.27. The average Bonchev–Trinajstić information content (AvgIpc) is 2.06. The third kappa shape index (κ3) is 3.44. The van der Waals surface area contributed by atoms with Crippen LogP contribution in [0.3, 0.4) is 0 Å². The van der Waals surface area contributed by atoms with Crippen LogP contribution in [0.2, 0.25) is 0 Å². The van der Waals surface area contributed by atoms with Gasteiger partial charge in [-0.15, -0.1) is 0 Å². The Kier molecular flexibility index (Phi) is 4.44. The van der Waals surface area contributed by atoms with E-state index in [0.29, 0.717) is 6.42 Å². The number of hydrogen-bond acceptors (Lipinski definition) is 2. The molecule has 0 aromatic heterocycles. The molecule has 1 aliphatic heterocycles. The Bertz CT molecular complexity index is 159. The monoisotopic (exact) mass is 184 g/mol. The lowest BCUT2D eigenvalue weighted by atomic mass is 9.96. The van der Waals surface area contributed by atoms with Crippen LogP contribution in [0.25, 0.3) is 0 Å². The molecule has 0 radical (unpaired) electrons. The van der Waals surface area contributed by atoms with E-state index in [-0.39, 0.29) is 0 Å². The molecule has 12 heavy (non-hydrogen) atoms. The van der Waals surface area contributed by atoms with E-state index in [9.17, 15) is 4.79 Å². The van der Waals surface area contributed by atoms with Gasteiger partial charge in [-0.1, -0.05) is 12.2 Å². The van der Waals surface area contributed by atoms with Crippen molar-refractivity contribution in [2.75, 3.05) is 11.5 Å². The quantitative estimate of drug-likeness (QED) is 0.493. The summed E-state index contributed by atoms with van der Waals surface area (Å²) in [6.45, 7) is 3.90. The van der Waals surface area contributed by atoms with Crippen LogP contribution in [0.4, 0.5) is 0 Å². The lowest BCUT2D eigenvalue weighted by Crippen LogP contribution is -2.11. The highest BCUT2D eigenvalue weighted by molar-refractivity contribution is 7.99. The van der Waals surface area contributed by atoms with Gasteiger partial charge in [0.1, 0.15) is 6.29 Å². The molecular formula is C10H16OS. The Morgan fingerprint density at radius 2 is 2.50 bits per heavy atom. The zero-order chi connectivity index (χ0) is 8.81. The van der Waals surface area contributed by atoms with Gasteiger partial charge in [0, 0.05) is 6.42 Å². The van der Waals surface area contributed by atoms with Crippen LogP contribution in [-0.4, -0.2) is 17.8 Å². The average molecular weight is 184 g/mol. The number of carbonyl (C=O) groups is 1. The van der Waals surface area contributed by atoms with E-state index in [0.717, 1.165) is 24.2 Å². The zero-order valence-electron chi connectivity index (χ0n) is 7.42. The molecule has 0 saturated carbocycles. The summed E-state index contributed by atoms with van der Waals surface area (Å²) in [5, 5.41) is 0. The molecule has 0 bridgehead atoms. The molecule has 1 nitrogen and oxygen atoms in total. The van der Waals surface area contributed by atoms with Gasteiger partial charge in [0.25, 0.3) is 0 Å². The number of allylic oxidation sites excluding steroid dienone is 1. The topological polar surface area (TPSA) is 17.1 Å². The van der Waals surface area contributed by atoms with Crippen LogP contribution in [0.1, 0.15) is 25.7 Å². The fourth-order valence-electron chi connectivity index (χ4n) is 1.58. The first-order valence-electron chi connectivity index (χ1n) is 4.51. The van der Waals surface area contributed by atoms with E-state index in [1.807, 2.05) is 11.8 Å². The fourth-order valence-corrected chi connectivity index (χ4v) is 2.73. The summed E-state index contributed by atoms with van der Waals surface area (Å²) >= 11 is 2.03. The third-order valence-corrected chi connectivity index (χ3v) is 3.49. The zero-order valence-corrected chi connectivity index (χ0v) is 8.24. The van der Waals surface area contributed by atoms with Crippen LogP contribution < -0.4 is 0 Å². The Balaban J connectivity index is 2.19. The molecular weight excluding hydrogens is 168 g/mol. The van der Waals surface area contributed by atoms with Gasteiger partial charge in [-0.2, -0.15) is 11.8 Å². The molecule has 1 fully saturated rings. The van der Waals surface area contributed by atoms with Crippen LogP contribution in [0.5, 0.6) is 0 Å². The summed E-state index contributed by atoms with van der Waals surface area (Å²) < 4.78 is 0.